The third-order valence-corrected chi connectivity index (χ3v) is 2.65. The van der Waals surface area contributed by atoms with Crippen LogP contribution in [0.15, 0.2) is 0 Å². The van der Waals surface area contributed by atoms with Gasteiger partial charge in [-0.1, -0.05) is 6.92 Å². The average molecular weight is 203 g/mol. The largest absolute Gasteiger partial charge is 0.373 e. The van der Waals surface area contributed by atoms with Gasteiger partial charge in [0.1, 0.15) is 6.23 Å². The summed E-state index contributed by atoms with van der Waals surface area (Å²) in [6.45, 7) is 2.12. The van der Waals surface area contributed by atoms with Crippen LogP contribution in [0.5, 0.6) is 0 Å². The lowest BCUT2D eigenvalue weighted by molar-refractivity contribution is -0.135. The van der Waals surface area contributed by atoms with Crippen molar-refractivity contribution in [2.45, 2.75) is 38.7 Å². The molecular weight excluding hydrogens is 186 g/mol. The molecule has 1 aliphatic heterocycles. The molecular formula is C9H17NO4. The van der Waals surface area contributed by atoms with Crippen LogP contribution in [0.3, 0.4) is 0 Å². The molecule has 0 aliphatic carbocycles. The lowest BCUT2D eigenvalue weighted by atomic mass is 10.0. The van der Waals surface area contributed by atoms with E-state index in [9.17, 15) is 9.90 Å². The minimum atomic E-state index is -1.42. The van der Waals surface area contributed by atoms with Gasteiger partial charge >= 0.3 is 0 Å². The molecule has 5 nitrogen and oxygen atoms in total. The summed E-state index contributed by atoms with van der Waals surface area (Å²) in [5, 5.41) is 27.0. The van der Waals surface area contributed by atoms with Gasteiger partial charge in [0.2, 0.25) is 5.91 Å². The molecule has 1 saturated heterocycles. The average Bonchev–Trinajstić information content (AvgIpc) is 2.39. The predicted molar refractivity (Wildman–Crippen MR) is 49.0 cm³/mol. The molecule has 2 unspecified atom stereocenters. The van der Waals surface area contributed by atoms with E-state index in [4.69, 9.17) is 10.2 Å². The molecule has 0 saturated carbocycles. The van der Waals surface area contributed by atoms with Crippen molar-refractivity contribution in [2.24, 2.45) is 5.92 Å². The van der Waals surface area contributed by atoms with Crippen LogP contribution >= 0.6 is 0 Å². The highest BCUT2D eigenvalue weighted by Crippen LogP contribution is 2.26. The summed E-state index contributed by atoms with van der Waals surface area (Å²) >= 11 is 0. The highest BCUT2D eigenvalue weighted by Gasteiger charge is 2.36. The summed E-state index contributed by atoms with van der Waals surface area (Å²) in [5.74, 6) is -0.122. The highest BCUT2D eigenvalue weighted by atomic mass is 16.5. The Balaban J connectivity index is 2.48. The van der Waals surface area contributed by atoms with Crippen LogP contribution in [0.25, 0.3) is 0 Å². The Morgan fingerprint density at radius 3 is 2.64 bits per heavy atom. The second-order valence-electron chi connectivity index (χ2n) is 3.64. The van der Waals surface area contributed by atoms with Crippen LogP contribution in [-0.4, -0.2) is 45.2 Å². The zero-order valence-corrected chi connectivity index (χ0v) is 8.26. The third-order valence-electron chi connectivity index (χ3n) is 2.65. The van der Waals surface area contributed by atoms with Crippen molar-refractivity contribution in [1.29, 1.82) is 0 Å². The lowest BCUT2D eigenvalue weighted by Crippen LogP contribution is -2.37. The Morgan fingerprint density at radius 1 is 1.57 bits per heavy atom. The van der Waals surface area contributed by atoms with Gasteiger partial charge in [0.25, 0.3) is 0 Å². The number of aliphatic hydroxyl groups is 3. The summed E-state index contributed by atoms with van der Waals surface area (Å²) in [4.78, 5) is 12.7. The van der Waals surface area contributed by atoms with Crippen LogP contribution in [0, 0.1) is 5.92 Å². The molecule has 1 rings (SSSR count). The Labute approximate surface area is 83.0 Å². The number of hydrogen-bond acceptors (Lipinski definition) is 4. The second-order valence-corrected chi connectivity index (χ2v) is 3.64. The molecule has 1 fully saturated rings. The molecule has 0 bridgehead atoms. The van der Waals surface area contributed by atoms with Crippen molar-refractivity contribution in [3.8, 4) is 0 Å². The van der Waals surface area contributed by atoms with Crippen LogP contribution in [0.2, 0.25) is 0 Å². The van der Waals surface area contributed by atoms with Gasteiger partial charge in [0.05, 0.1) is 0 Å². The lowest BCUT2D eigenvalue weighted by Gasteiger charge is -2.23. The van der Waals surface area contributed by atoms with Crippen molar-refractivity contribution in [1.82, 2.24) is 4.90 Å². The number of amides is 1. The van der Waals surface area contributed by atoms with E-state index in [-0.39, 0.29) is 24.8 Å². The quantitative estimate of drug-likeness (QED) is 0.526. The van der Waals surface area contributed by atoms with Gasteiger partial charge in [-0.05, 0) is 6.42 Å². The van der Waals surface area contributed by atoms with Crippen LogP contribution < -0.4 is 0 Å². The summed E-state index contributed by atoms with van der Waals surface area (Å²) in [7, 11) is 0. The SMILES string of the molecule is CCC1CC(=O)N(CCC(O)O)C1O. The van der Waals surface area contributed by atoms with E-state index in [0.29, 0.717) is 6.42 Å². The minimum absolute atomic E-state index is 0.0154. The Kier molecular flexibility index (Phi) is 3.86. The molecule has 3 N–H and O–H groups in total. The fourth-order valence-corrected chi connectivity index (χ4v) is 1.72. The first-order valence-electron chi connectivity index (χ1n) is 4.90. The molecule has 0 aromatic carbocycles. The molecule has 2 atom stereocenters. The molecule has 14 heavy (non-hydrogen) atoms. The number of carbonyl (C=O) groups is 1. The zero-order valence-electron chi connectivity index (χ0n) is 8.26. The van der Waals surface area contributed by atoms with Crippen molar-refractivity contribution in [3.63, 3.8) is 0 Å². The molecule has 0 aromatic heterocycles. The smallest absolute Gasteiger partial charge is 0.225 e. The van der Waals surface area contributed by atoms with Crippen molar-refractivity contribution < 1.29 is 20.1 Å². The maximum Gasteiger partial charge on any atom is 0.225 e. The van der Waals surface area contributed by atoms with E-state index in [1.54, 1.807) is 0 Å². The summed E-state index contributed by atoms with van der Waals surface area (Å²) in [5.41, 5.74) is 0. The number of nitrogens with zero attached hydrogens (tertiary/aromatic N) is 1. The number of rotatable bonds is 4. The van der Waals surface area contributed by atoms with E-state index < -0.39 is 12.5 Å². The van der Waals surface area contributed by atoms with Gasteiger partial charge in [-0.15, -0.1) is 0 Å². The summed E-state index contributed by atoms with van der Waals surface area (Å²) < 4.78 is 0. The molecule has 5 heteroatoms. The van der Waals surface area contributed by atoms with Crippen molar-refractivity contribution in [2.75, 3.05) is 6.54 Å². The van der Waals surface area contributed by atoms with Crippen LogP contribution in [-0.2, 0) is 4.79 Å². The minimum Gasteiger partial charge on any atom is -0.373 e. The van der Waals surface area contributed by atoms with Crippen LogP contribution in [0.4, 0.5) is 0 Å². The second kappa shape index (κ2) is 4.72. The Morgan fingerprint density at radius 2 is 2.21 bits per heavy atom. The molecule has 82 valence electrons. The monoisotopic (exact) mass is 203 g/mol. The zero-order chi connectivity index (χ0) is 10.7. The Bertz CT molecular complexity index is 207. The maximum atomic E-state index is 11.4. The highest BCUT2D eigenvalue weighted by molar-refractivity contribution is 5.78. The maximum absolute atomic E-state index is 11.4. The van der Waals surface area contributed by atoms with E-state index in [0.717, 1.165) is 6.42 Å². The van der Waals surface area contributed by atoms with E-state index in [1.165, 1.54) is 4.90 Å². The van der Waals surface area contributed by atoms with Gasteiger partial charge in [-0.25, -0.2) is 0 Å². The fourth-order valence-electron chi connectivity index (χ4n) is 1.72. The molecule has 0 spiro atoms. The number of aliphatic hydroxyl groups excluding tert-OH is 2. The summed E-state index contributed by atoms with van der Waals surface area (Å²) in [6.07, 6.45) is -0.981. The summed E-state index contributed by atoms with van der Waals surface area (Å²) in [6, 6.07) is 0. The van der Waals surface area contributed by atoms with Crippen molar-refractivity contribution >= 4 is 5.91 Å². The van der Waals surface area contributed by atoms with Crippen molar-refractivity contribution in [3.05, 3.63) is 0 Å². The van der Waals surface area contributed by atoms with Crippen LogP contribution in [0.1, 0.15) is 26.2 Å². The third kappa shape index (κ3) is 2.43. The standard InChI is InChI=1S/C9H17NO4/c1-2-6-5-7(11)10(9(6)14)4-3-8(12)13/h6,8-9,12-14H,2-5H2,1H3. The number of hydrogen-bond donors (Lipinski definition) is 3. The van der Waals surface area contributed by atoms with Gasteiger partial charge in [-0.3, -0.25) is 4.79 Å². The van der Waals surface area contributed by atoms with Gasteiger partial charge < -0.3 is 20.2 Å². The topological polar surface area (TPSA) is 81.0 Å². The van der Waals surface area contributed by atoms with Gasteiger partial charge in [0, 0.05) is 25.3 Å². The molecule has 0 radical (unpaired) electrons. The van der Waals surface area contributed by atoms with Gasteiger partial charge in [-0.2, -0.15) is 0 Å². The fraction of sp³-hybridized carbons (Fsp3) is 0.889. The first-order chi connectivity index (χ1) is 6.56. The van der Waals surface area contributed by atoms with E-state index in [2.05, 4.69) is 0 Å². The first-order valence-corrected chi connectivity index (χ1v) is 4.90. The normalized spacial score (nSPS) is 27.8. The van der Waals surface area contributed by atoms with E-state index >= 15 is 0 Å². The van der Waals surface area contributed by atoms with Gasteiger partial charge in [0.15, 0.2) is 6.29 Å². The predicted octanol–water partition coefficient (Wildman–Crippen LogP) is -0.736. The molecule has 1 heterocycles. The molecule has 0 aromatic rings. The number of likely N-dealkylation sites (tertiary alicyclic amines) is 1. The molecule has 1 aliphatic rings. The number of carbonyl (C=O) groups excluding carboxylic acids is 1. The molecule has 1 amide bonds. The Hall–Kier alpha value is -0.650. The first kappa shape index (κ1) is 11.4. The van der Waals surface area contributed by atoms with E-state index in [1.807, 2.05) is 6.92 Å².